The average Bonchev–Trinajstić information content (AvgIpc) is 2.76. The molecule has 3 aromatic rings. The summed E-state index contributed by atoms with van der Waals surface area (Å²) in [4.78, 5) is 12.5. The summed E-state index contributed by atoms with van der Waals surface area (Å²) < 4.78 is 54.1. The van der Waals surface area contributed by atoms with Crippen LogP contribution in [0.2, 0.25) is 0 Å². The average molecular weight is 442 g/mol. The summed E-state index contributed by atoms with van der Waals surface area (Å²) in [7, 11) is -3.97. The highest BCUT2D eigenvalue weighted by Crippen LogP contribution is 2.42. The van der Waals surface area contributed by atoms with Gasteiger partial charge in [-0.1, -0.05) is 30.3 Å². The van der Waals surface area contributed by atoms with Gasteiger partial charge in [-0.15, -0.1) is 0 Å². The van der Waals surface area contributed by atoms with E-state index in [1.54, 1.807) is 30.3 Å². The van der Waals surface area contributed by atoms with Crippen molar-refractivity contribution in [3.63, 3.8) is 0 Å². The molecule has 0 bridgehead atoms. The fourth-order valence-electron chi connectivity index (χ4n) is 3.63. The maximum atomic E-state index is 13.9. The maximum absolute atomic E-state index is 13.9. The van der Waals surface area contributed by atoms with Gasteiger partial charge in [0.2, 0.25) is 5.91 Å². The van der Waals surface area contributed by atoms with Crippen LogP contribution in [-0.4, -0.2) is 27.4 Å². The summed E-state index contributed by atoms with van der Waals surface area (Å²) in [5.41, 5.74) is 2.05. The zero-order valence-corrected chi connectivity index (χ0v) is 17.3. The van der Waals surface area contributed by atoms with Gasteiger partial charge < -0.3 is 5.32 Å². The van der Waals surface area contributed by atoms with Gasteiger partial charge in [0.05, 0.1) is 10.6 Å². The number of hydrogen-bond donors (Lipinski definition) is 1. The van der Waals surface area contributed by atoms with Gasteiger partial charge in [-0.3, -0.25) is 9.10 Å². The van der Waals surface area contributed by atoms with Gasteiger partial charge in [-0.05, 0) is 54.8 Å². The minimum atomic E-state index is -3.97. The van der Waals surface area contributed by atoms with Crippen molar-refractivity contribution in [3.05, 3.63) is 83.9 Å². The van der Waals surface area contributed by atoms with E-state index >= 15 is 0 Å². The summed E-state index contributed by atoms with van der Waals surface area (Å²) >= 11 is 0. The standard InChI is InChI=1S/C23H20F2N2O3S/c24-17-9-7-16(8-10-17)4-3-13-26-23(28)15-27-21-12-11-18(25)14-20(21)19-5-1-2-6-22(19)31(27,29)30/h1-2,5-12,14H,3-4,13,15H2,(H,26,28). The number of halogens is 2. The van der Waals surface area contributed by atoms with Crippen molar-refractivity contribution in [1.29, 1.82) is 0 Å². The Hall–Kier alpha value is -3.26. The van der Waals surface area contributed by atoms with E-state index in [0.717, 1.165) is 9.87 Å². The van der Waals surface area contributed by atoms with Crippen LogP contribution in [0.3, 0.4) is 0 Å². The SMILES string of the molecule is O=C(CN1c2ccc(F)cc2-c2ccccc2S1(=O)=O)NCCCc1ccc(F)cc1. The number of rotatable bonds is 6. The molecule has 0 spiro atoms. The third kappa shape index (κ3) is 4.29. The second-order valence-corrected chi connectivity index (χ2v) is 9.08. The third-order valence-corrected chi connectivity index (χ3v) is 6.96. The normalized spacial score (nSPS) is 13.9. The van der Waals surface area contributed by atoms with Gasteiger partial charge in [0, 0.05) is 17.7 Å². The Balaban J connectivity index is 1.47. The third-order valence-electron chi connectivity index (χ3n) is 5.14. The first-order chi connectivity index (χ1) is 14.9. The number of nitrogens with zero attached hydrogens (tertiary/aromatic N) is 1. The largest absolute Gasteiger partial charge is 0.355 e. The lowest BCUT2D eigenvalue weighted by Crippen LogP contribution is -2.42. The van der Waals surface area contributed by atoms with Crippen molar-refractivity contribution in [3.8, 4) is 11.1 Å². The molecule has 31 heavy (non-hydrogen) atoms. The fraction of sp³-hybridized carbons (Fsp3) is 0.174. The Morgan fingerprint density at radius 3 is 2.39 bits per heavy atom. The molecule has 1 aliphatic rings. The number of benzene rings is 3. The van der Waals surface area contributed by atoms with E-state index in [1.165, 1.54) is 36.4 Å². The molecule has 1 N–H and O–H groups in total. The summed E-state index contributed by atoms with van der Waals surface area (Å²) in [6.07, 6.45) is 1.27. The summed E-state index contributed by atoms with van der Waals surface area (Å²) in [6.45, 7) is -0.0667. The molecule has 0 saturated carbocycles. The smallest absolute Gasteiger partial charge is 0.265 e. The summed E-state index contributed by atoms with van der Waals surface area (Å²) in [6, 6.07) is 16.3. The molecule has 1 amide bonds. The van der Waals surface area contributed by atoms with Crippen LogP contribution in [0.15, 0.2) is 71.6 Å². The van der Waals surface area contributed by atoms with Crippen LogP contribution in [0, 0.1) is 11.6 Å². The molecule has 8 heteroatoms. The molecule has 0 unspecified atom stereocenters. The van der Waals surface area contributed by atoms with Crippen molar-refractivity contribution in [2.75, 3.05) is 17.4 Å². The minimum absolute atomic E-state index is 0.0391. The molecular weight excluding hydrogens is 422 g/mol. The highest BCUT2D eigenvalue weighted by atomic mass is 32.2. The molecule has 1 heterocycles. The predicted octanol–water partition coefficient (Wildman–Crippen LogP) is 3.89. The van der Waals surface area contributed by atoms with Crippen LogP contribution in [0.5, 0.6) is 0 Å². The van der Waals surface area contributed by atoms with Gasteiger partial charge in [0.25, 0.3) is 10.0 Å². The number of nitrogens with one attached hydrogen (secondary N) is 1. The number of aryl methyl sites for hydroxylation is 1. The van der Waals surface area contributed by atoms with E-state index in [-0.39, 0.29) is 16.4 Å². The van der Waals surface area contributed by atoms with E-state index < -0.39 is 28.3 Å². The Morgan fingerprint density at radius 1 is 0.903 bits per heavy atom. The quantitative estimate of drug-likeness (QED) is 0.589. The van der Waals surface area contributed by atoms with E-state index in [4.69, 9.17) is 0 Å². The molecule has 4 rings (SSSR count). The van der Waals surface area contributed by atoms with Crippen LogP contribution in [0.25, 0.3) is 11.1 Å². The molecule has 0 radical (unpaired) electrons. The number of carbonyl (C=O) groups excluding carboxylic acids is 1. The predicted molar refractivity (Wildman–Crippen MR) is 114 cm³/mol. The van der Waals surface area contributed by atoms with Crippen molar-refractivity contribution in [2.24, 2.45) is 0 Å². The Labute approximate surface area is 179 Å². The molecule has 0 aliphatic carbocycles. The zero-order valence-electron chi connectivity index (χ0n) is 16.5. The topological polar surface area (TPSA) is 66.5 Å². The van der Waals surface area contributed by atoms with E-state index in [9.17, 15) is 22.0 Å². The van der Waals surface area contributed by atoms with Crippen molar-refractivity contribution in [2.45, 2.75) is 17.7 Å². The van der Waals surface area contributed by atoms with Crippen molar-refractivity contribution in [1.82, 2.24) is 5.32 Å². The molecular formula is C23H20F2N2O3S. The molecule has 3 aromatic carbocycles. The minimum Gasteiger partial charge on any atom is -0.355 e. The summed E-state index contributed by atoms with van der Waals surface area (Å²) in [5.74, 6) is -1.25. The molecule has 5 nitrogen and oxygen atoms in total. The molecule has 0 atom stereocenters. The van der Waals surface area contributed by atoms with Gasteiger partial charge in [-0.2, -0.15) is 0 Å². The monoisotopic (exact) mass is 442 g/mol. The van der Waals surface area contributed by atoms with Gasteiger partial charge in [0.1, 0.15) is 18.2 Å². The Morgan fingerprint density at radius 2 is 1.61 bits per heavy atom. The Kier molecular flexibility index (Phi) is 5.73. The van der Waals surface area contributed by atoms with Crippen LogP contribution < -0.4 is 9.62 Å². The van der Waals surface area contributed by atoms with Crippen molar-refractivity contribution >= 4 is 21.6 Å². The van der Waals surface area contributed by atoms with Crippen LogP contribution in [0.4, 0.5) is 14.5 Å². The van der Waals surface area contributed by atoms with E-state index in [0.29, 0.717) is 30.5 Å². The molecule has 0 aromatic heterocycles. The first-order valence-electron chi connectivity index (χ1n) is 9.79. The second-order valence-electron chi connectivity index (χ2n) is 7.25. The number of anilines is 1. The fourth-order valence-corrected chi connectivity index (χ4v) is 5.28. The Bertz CT molecular complexity index is 1230. The number of carbonyl (C=O) groups is 1. The number of amides is 1. The number of fused-ring (bicyclic) bond motifs is 3. The van der Waals surface area contributed by atoms with Crippen LogP contribution in [-0.2, 0) is 21.2 Å². The number of hydrogen-bond acceptors (Lipinski definition) is 3. The lowest BCUT2D eigenvalue weighted by Gasteiger charge is -2.31. The highest BCUT2D eigenvalue weighted by Gasteiger charge is 2.35. The molecule has 1 aliphatic heterocycles. The second kappa shape index (κ2) is 8.47. The van der Waals surface area contributed by atoms with Gasteiger partial charge in [0.15, 0.2) is 0 Å². The van der Waals surface area contributed by atoms with Crippen LogP contribution >= 0.6 is 0 Å². The molecule has 0 saturated heterocycles. The molecule has 0 fully saturated rings. The van der Waals surface area contributed by atoms with E-state index in [2.05, 4.69) is 5.32 Å². The van der Waals surface area contributed by atoms with Gasteiger partial charge >= 0.3 is 0 Å². The lowest BCUT2D eigenvalue weighted by atomic mass is 10.0. The van der Waals surface area contributed by atoms with Crippen LogP contribution in [0.1, 0.15) is 12.0 Å². The maximum Gasteiger partial charge on any atom is 0.265 e. The van der Waals surface area contributed by atoms with E-state index in [1.807, 2.05) is 0 Å². The highest BCUT2D eigenvalue weighted by molar-refractivity contribution is 7.93. The first kappa shape index (κ1) is 21.0. The first-order valence-corrected chi connectivity index (χ1v) is 11.2. The molecule has 160 valence electrons. The number of sulfonamides is 1. The summed E-state index contributed by atoms with van der Waals surface area (Å²) in [5, 5.41) is 2.72. The zero-order chi connectivity index (χ0) is 22.0. The van der Waals surface area contributed by atoms with Crippen molar-refractivity contribution < 1.29 is 22.0 Å². The van der Waals surface area contributed by atoms with Gasteiger partial charge in [-0.25, -0.2) is 17.2 Å². The lowest BCUT2D eigenvalue weighted by molar-refractivity contribution is -0.119.